The van der Waals surface area contributed by atoms with Crippen LogP contribution in [0.5, 0.6) is 0 Å². The lowest BCUT2D eigenvalue weighted by atomic mass is 10.0. The molecule has 3 rings (SSSR count). The van der Waals surface area contributed by atoms with Crippen LogP contribution in [0.2, 0.25) is 0 Å². The molecule has 0 bridgehead atoms. The molecule has 1 aromatic carbocycles. The fraction of sp³-hybridized carbons (Fsp3) is 0.500. The highest BCUT2D eigenvalue weighted by Gasteiger charge is 2.31. The number of hydrogen-bond acceptors (Lipinski definition) is 2. The van der Waals surface area contributed by atoms with E-state index in [2.05, 4.69) is 23.5 Å². The van der Waals surface area contributed by atoms with E-state index >= 15 is 0 Å². The van der Waals surface area contributed by atoms with Gasteiger partial charge in [0.15, 0.2) is 0 Å². The minimum atomic E-state index is -0.356. The van der Waals surface area contributed by atoms with Crippen LogP contribution < -0.4 is 5.32 Å². The molecular weight excluding hydrogens is 252 g/mol. The number of hydrogen-bond donors (Lipinski definition) is 1. The second-order valence-electron chi connectivity index (χ2n) is 5.68. The van der Waals surface area contributed by atoms with Gasteiger partial charge in [-0.1, -0.05) is 25.1 Å². The van der Waals surface area contributed by atoms with E-state index < -0.39 is 0 Å². The maximum atomic E-state index is 12.3. The first-order chi connectivity index (χ1) is 9.67. The molecule has 1 heterocycles. The van der Waals surface area contributed by atoms with Gasteiger partial charge in [-0.25, -0.2) is 0 Å². The van der Waals surface area contributed by atoms with Gasteiger partial charge in [0.25, 0.3) is 0 Å². The fourth-order valence-electron chi connectivity index (χ4n) is 3.13. The van der Waals surface area contributed by atoms with Crippen LogP contribution in [0, 0.1) is 0 Å². The van der Waals surface area contributed by atoms with Gasteiger partial charge in [-0.2, -0.15) is 0 Å². The zero-order valence-corrected chi connectivity index (χ0v) is 11.8. The van der Waals surface area contributed by atoms with E-state index in [0.717, 1.165) is 12.0 Å². The number of fused-ring (bicyclic) bond motifs is 1. The van der Waals surface area contributed by atoms with Crippen LogP contribution >= 0.6 is 0 Å². The molecule has 1 fully saturated rings. The molecule has 106 valence electrons. The van der Waals surface area contributed by atoms with Crippen molar-refractivity contribution in [3.63, 3.8) is 0 Å². The Labute approximate surface area is 119 Å². The maximum Gasteiger partial charge on any atom is 0.245 e. The van der Waals surface area contributed by atoms with Crippen molar-refractivity contribution in [2.75, 3.05) is 6.54 Å². The summed E-state index contributed by atoms with van der Waals surface area (Å²) in [7, 11) is 0. The van der Waals surface area contributed by atoms with Crippen LogP contribution in [-0.2, 0) is 29.0 Å². The number of aryl methyl sites for hydroxylation is 2. The molecule has 1 N–H and O–H groups in total. The topological polar surface area (TPSA) is 49.4 Å². The first kappa shape index (κ1) is 13.2. The van der Waals surface area contributed by atoms with E-state index in [1.807, 2.05) is 6.92 Å². The third kappa shape index (κ3) is 2.42. The van der Waals surface area contributed by atoms with Crippen LogP contribution in [0.1, 0.15) is 36.5 Å². The van der Waals surface area contributed by atoms with Gasteiger partial charge in [0.1, 0.15) is 6.04 Å². The molecular formula is C16H20N2O2. The summed E-state index contributed by atoms with van der Waals surface area (Å²) in [6.45, 7) is 2.63. The summed E-state index contributed by atoms with van der Waals surface area (Å²) in [5, 5.41) is 2.74. The Hall–Kier alpha value is -1.84. The van der Waals surface area contributed by atoms with E-state index in [1.54, 1.807) is 4.90 Å². The Morgan fingerprint density at radius 2 is 2.05 bits per heavy atom. The van der Waals surface area contributed by atoms with Gasteiger partial charge in [0.05, 0.1) is 6.54 Å². The molecule has 1 saturated heterocycles. The van der Waals surface area contributed by atoms with Crippen molar-refractivity contribution in [1.29, 1.82) is 0 Å². The summed E-state index contributed by atoms with van der Waals surface area (Å²) >= 11 is 0. The van der Waals surface area contributed by atoms with Crippen molar-refractivity contribution in [3.05, 3.63) is 34.9 Å². The molecule has 2 amide bonds. The predicted octanol–water partition coefficient (Wildman–Crippen LogP) is 1.41. The number of benzene rings is 1. The van der Waals surface area contributed by atoms with Gasteiger partial charge in [-0.15, -0.1) is 0 Å². The number of amides is 2. The van der Waals surface area contributed by atoms with E-state index in [0.29, 0.717) is 13.0 Å². The number of rotatable bonds is 3. The zero-order chi connectivity index (χ0) is 14.1. The van der Waals surface area contributed by atoms with Crippen LogP contribution in [0.3, 0.4) is 0 Å². The van der Waals surface area contributed by atoms with E-state index in [-0.39, 0.29) is 24.4 Å². The van der Waals surface area contributed by atoms with Crippen molar-refractivity contribution in [2.24, 2.45) is 0 Å². The molecule has 2 aliphatic rings. The molecule has 4 nitrogen and oxygen atoms in total. The van der Waals surface area contributed by atoms with E-state index in [4.69, 9.17) is 0 Å². The summed E-state index contributed by atoms with van der Waals surface area (Å²) in [6.07, 6.45) is 4.17. The highest BCUT2D eigenvalue weighted by Crippen LogP contribution is 2.23. The lowest BCUT2D eigenvalue weighted by Crippen LogP contribution is -2.57. The van der Waals surface area contributed by atoms with Gasteiger partial charge in [0.2, 0.25) is 11.8 Å². The molecule has 20 heavy (non-hydrogen) atoms. The second kappa shape index (κ2) is 5.27. The Bertz CT molecular complexity index is 553. The molecule has 0 spiro atoms. The number of carbonyl (C=O) groups is 2. The minimum Gasteiger partial charge on any atom is -0.343 e. The lowest BCUT2D eigenvalue weighted by molar-refractivity contribution is -0.144. The van der Waals surface area contributed by atoms with Gasteiger partial charge >= 0.3 is 0 Å². The average Bonchev–Trinajstić information content (AvgIpc) is 2.90. The third-order valence-electron chi connectivity index (χ3n) is 4.22. The summed E-state index contributed by atoms with van der Waals surface area (Å²) in [6, 6.07) is 6.10. The van der Waals surface area contributed by atoms with Gasteiger partial charge in [0, 0.05) is 6.54 Å². The Kier molecular flexibility index (Phi) is 3.47. The molecule has 1 atom stereocenters. The third-order valence-corrected chi connectivity index (χ3v) is 4.22. The first-order valence-corrected chi connectivity index (χ1v) is 7.36. The highest BCUT2D eigenvalue weighted by atomic mass is 16.2. The second-order valence-corrected chi connectivity index (χ2v) is 5.68. The standard InChI is InChI=1S/C16H20N2O2/c1-2-14-16(20)18(10-15(19)17-14)9-11-6-7-12-4-3-5-13(12)8-11/h6-8,14H,2-5,9-10H2,1H3,(H,17,19). The fourth-order valence-corrected chi connectivity index (χ4v) is 3.13. The Balaban J connectivity index is 1.76. The molecule has 1 unspecified atom stereocenters. The molecule has 1 aliphatic carbocycles. The monoisotopic (exact) mass is 272 g/mol. The molecule has 0 radical (unpaired) electrons. The van der Waals surface area contributed by atoms with Gasteiger partial charge in [-0.3, -0.25) is 9.59 Å². The largest absolute Gasteiger partial charge is 0.343 e. The first-order valence-electron chi connectivity index (χ1n) is 7.36. The Morgan fingerprint density at radius 3 is 2.85 bits per heavy atom. The zero-order valence-electron chi connectivity index (χ0n) is 11.8. The molecule has 4 heteroatoms. The van der Waals surface area contributed by atoms with Crippen LogP contribution in [0.15, 0.2) is 18.2 Å². The number of carbonyl (C=O) groups excluding carboxylic acids is 2. The Morgan fingerprint density at radius 1 is 1.25 bits per heavy atom. The highest BCUT2D eigenvalue weighted by molar-refractivity contribution is 5.94. The van der Waals surface area contributed by atoms with E-state index in [9.17, 15) is 9.59 Å². The van der Waals surface area contributed by atoms with Crippen molar-refractivity contribution in [1.82, 2.24) is 10.2 Å². The summed E-state index contributed by atoms with van der Waals surface area (Å²) in [5.41, 5.74) is 3.97. The van der Waals surface area contributed by atoms with E-state index in [1.165, 1.54) is 24.0 Å². The molecule has 1 aromatic rings. The quantitative estimate of drug-likeness (QED) is 0.904. The lowest BCUT2D eigenvalue weighted by Gasteiger charge is -2.32. The molecule has 1 aliphatic heterocycles. The molecule has 0 saturated carbocycles. The van der Waals surface area contributed by atoms with Crippen molar-refractivity contribution in [2.45, 2.75) is 45.2 Å². The normalized spacial score (nSPS) is 21.9. The van der Waals surface area contributed by atoms with Crippen molar-refractivity contribution >= 4 is 11.8 Å². The predicted molar refractivity (Wildman–Crippen MR) is 76.1 cm³/mol. The smallest absolute Gasteiger partial charge is 0.245 e. The summed E-state index contributed by atoms with van der Waals surface area (Å²) in [4.78, 5) is 25.6. The van der Waals surface area contributed by atoms with Gasteiger partial charge in [-0.05, 0) is 42.4 Å². The van der Waals surface area contributed by atoms with Crippen molar-refractivity contribution < 1.29 is 9.59 Å². The van der Waals surface area contributed by atoms with Crippen molar-refractivity contribution in [3.8, 4) is 0 Å². The maximum absolute atomic E-state index is 12.3. The van der Waals surface area contributed by atoms with Gasteiger partial charge < -0.3 is 10.2 Å². The average molecular weight is 272 g/mol. The number of nitrogens with one attached hydrogen (secondary N) is 1. The number of nitrogens with zero attached hydrogens (tertiary/aromatic N) is 1. The van der Waals surface area contributed by atoms with Crippen LogP contribution in [0.4, 0.5) is 0 Å². The van der Waals surface area contributed by atoms with Crippen LogP contribution in [-0.4, -0.2) is 29.3 Å². The molecule has 0 aromatic heterocycles. The number of piperazine rings is 1. The SMILES string of the molecule is CCC1NC(=O)CN(Cc2ccc3c(c2)CCC3)C1=O. The summed E-state index contributed by atoms with van der Waals surface area (Å²) < 4.78 is 0. The minimum absolute atomic E-state index is 0.0348. The van der Waals surface area contributed by atoms with Crippen LogP contribution in [0.25, 0.3) is 0 Å². The summed E-state index contributed by atoms with van der Waals surface area (Å²) in [5.74, 6) is -0.0230.